The summed E-state index contributed by atoms with van der Waals surface area (Å²) in [5.41, 5.74) is 3.37. The average Bonchev–Trinajstić information content (AvgIpc) is 4.03. The molecule has 0 N–H and O–H groups in total. The van der Waals surface area contributed by atoms with Gasteiger partial charge in [-0.3, -0.25) is 0 Å². The Balaban J connectivity index is 1.14. The third kappa shape index (κ3) is 7.08. The van der Waals surface area contributed by atoms with Crippen LogP contribution >= 0.6 is 68.0 Å². The van der Waals surface area contributed by atoms with Gasteiger partial charge in [-0.1, -0.05) is 153 Å². The largest absolute Gasteiger partial charge is 0.133 e. The molecular formula is C48H54S6. The molecule has 0 aliphatic carbocycles. The summed E-state index contributed by atoms with van der Waals surface area (Å²) in [5, 5.41) is 6.21. The number of fused-ring (bicyclic) bond motifs is 14. The molecule has 282 valence electrons. The zero-order valence-electron chi connectivity index (χ0n) is 32.2. The Morgan fingerprint density at radius 3 is 1.06 bits per heavy atom. The van der Waals surface area contributed by atoms with E-state index in [1.165, 1.54) is 167 Å². The van der Waals surface area contributed by atoms with Gasteiger partial charge in [-0.15, -0.1) is 68.0 Å². The van der Waals surface area contributed by atoms with Crippen LogP contribution in [-0.2, 0) is 12.8 Å². The van der Waals surface area contributed by atoms with Gasteiger partial charge in [0.25, 0.3) is 0 Å². The third-order valence-electron chi connectivity index (χ3n) is 11.9. The van der Waals surface area contributed by atoms with Crippen molar-refractivity contribution in [2.75, 3.05) is 0 Å². The third-order valence-corrected chi connectivity index (χ3v) is 20.0. The van der Waals surface area contributed by atoms with Crippen LogP contribution in [0, 0.1) is 0 Å². The second-order valence-corrected chi connectivity index (χ2v) is 21.9. The summed E-state index contributed by atoms with van der Waals surface area (Å²) in [6, 6.07) is 18.3. The highest BCUT2D eigenvalue weighted by molar-refractivity contribution is 7.45. The number of thiophene rings is 6. The second kappa shape index (κ2) is 17.2. The molecule has 6 heterocycles. The Morgan fingerprint density at radius 2 is 0.648 bits per heavy atom. The molecule has 9 rings (SSSR count). The maximum atomic E-state index is 2.36. The standard InChI is InChI=1S/C48H54S6/c1-3-5-7-9-11-13-15-17-19-27-33-37-40(52-47-43(37)53-41-31-25-21-23-29-35(31)49-45(41)47)34(28-20-18-16-14-12-10-8-6-4-2)38-39(33)51-48-44(38)54-42-32-26-22-24-30-36(32)50-46(42)48/h21-26,29-30H,3-20,27-28H2,1-2H3. The Hall–Kier alpha value is -2.06. The number of benzene rings is 3. The number of aryl methyl sites for hydroxylation is 2. The molecule has 0 bridgehead atoms. The van der Waals surface area contributed by atoms with Crippen molar-refractivity contribution in [3.63, 3.8) is 0 Å². The summed E-state index contributed by atoms with van der Waals surface area (Å²) in [7, 11) is 0. The summed E-state index contributed by atoms with van der Waals surface area (Å²) in [6.45, 7) is 4.64. The monoisotopic (exact) mass is 822 g/mol. The fourth-order valence-corrected chi connectivity index (χ4v) is 18.0. The van der Waals surface area contributed by atoms with E-state index in [0.717, 1.165) is 0 Å². The van der Waals surface area contributed by atoms with Gasteiger partial charge >= 0.3 is 0 Å². The van der Waals surface area contributed by atoms with Gasteiger partial charge in [0.15, 0.2) is 0 Å². The van der Waals surface area contributed by atoms with E-state index in [9.17, 15) is 0 Å². The normalized spacial score (nSPS) is 12.6. The van der Waals surface area contributed by atoms with Crippen molar-refractivity contribution in [3.8, 4) is 0 Å². The lowest BCUT2D eigenvalue weighted by Gasteiger charge is -2.13. The van der Waals surface area contributed by atoms with E-state index >= 15 is 0 Å². The minimum absolute atomic E-state index is 1.21. The van der Waals surface area contributed by atoms with Crippen LogP contribution in [-0.4, -0.2) is 0 Å². The molecule has 54 heavy (non-hydrogen) atoms. The highest BCUT2D eigenvalue weighted by Crippen LogP contribution is 2.57. The summed E-state index contributed by atoms with van der Waals surface area (Å²) in [4.78, 5) is 0. The summed E-state index contributed by atoms with van der Waals surface area (Å²) >= 11 is 12.6. The molecule has 6 heteroatoms. The van der Waals surface area contributed by atoms with E-state index in [0.29, 0.717) is 0 Å². The summed E-state index contributed by atoms with van der Waals surface area (Å²) < 4.78 is 18.6. The van der Waals surface area contributed by atoms with Gasteiger partial charge in [-0.05, 0) is 48.9 Å². The fraction of sp³-hybridized carbons (Fsp3) is 0.458. The number of hydrogen-bond donors (Lipinski definition) is 0. The predicted molar refractivity (Wildman–Crippen MR) is 256 cm³/mol. The molecular weight excluding hydrogens is 769 g/mol. The van der Waals surface area contributed by atoms with Gasteiger partial charge in [0.2, 0.25) is 0 Å². The first-order chi connectivity index (χ1) is 26.8. The van der Waals surface area contributed by atoms with Gasteiger partial charge in [0.1, 0.15) is 0 Å². The molecule has 0 aliphatic rings. The van der Waals surface area contributed by atoms with E-state index in [4.69, 9.17) is 0 Å². The first-order valence-corrected chi connectivity index (χ1v) is 26.1. The highest BCUT2D eigenvalue weighted by Gasteiger charge is 2.27. The van der Waals surface area contributed by atoms with Crippen molar-refractivity contribution in [2.45, 2.75) is 142 Å². The molecule has 0 saturated carbocycles. The van der Waals surface area contributed by atoms with Crippen molar-refractivity contribution < 1.29 is 0 Å². The molecule has 0 nitrogen and oxygen atoms in total. The summed E-state index contributed by atoms with van der Waals surface area (Å²) in [5.74, 6) is 0. The van der Waals surface area contributed by atoms with Crippen molar-refractivity contribution in [1.29, 1.82) is 0 Å². The molecule has 0 fully saturated rings. The van der Waals surface area contributed by atoms with Crippen LogP contribution in [0.3, 0.4) is 0 Å². The second-order valence-electron chi connectivity index (χ2n) is 15.8. The molecule has 0 spiro atoms. The van der Waals surface area contributed by atoms with Crippen LogP contribution in [0.1, 0.15) is 141 Å². The lowest BCUT2D eigenvalue weighted by Crippen LogP contribution is -1.94. The van der Waals surface area contributed by atoms with Crippen LogP contribution in [0.25, 0.3) is 77.9 Å². The molecule has 0 radical (unpaired) electrons. The van der Waals surface area contributed by atoms with E-state index in [1.807, 2.05) is 22.7 Å². The molecule has 0 amide bonds. The van der Waals surface area contributed by atoms with Crippen LogP contribution < -0.4 is 0 Å². The van der Waals surface area contributed by atoms with Gasteiger partial charge in [0, 0.05) is 40.3 Å². The van der Waals surface area contributed by atoms with Crippen LogP contribution in [0.15, 0.2) is 48.5 Å². The van der Waals surface area contributed by atoms with Gasteiger partial charge in [-0.25, -0.2) is 0 Å². The van der Waals surface area contributed by atoms with E-state index in [2.05, 4.69) is 108 Å². The smallest absolute Gasteiger partial charge is 0.0642 e. The van der Waals surface area contributed by atoms with Gasteiger partial charge in [0.05, 0.1) is 37.6 Å². The Kier molecular flexibility index (Phi) is 11.9. The molecule has 9 aromatic rings. The zero-order valence-corrected chi connectivity index (χ0v) is 37.1. The number of hydrogen-bond acceptors (Lipinski definition) is 6. The maximum absolute atomic E-state index is 2.36. The molecule has 0 unspecified atom stereocenters. The molecule has 0 atom stereocenters. The van der Waals surface area contributed by atoms with E-state index in [1.54, 1.807) is 50.1 Å². The van der Waals surface area contributed by atoms with Crippen molar-refractivity contribution in [3.05, 3.63) is 59.7 Å². The minimum atomic E-state index is 1.21. The zero-order chi connectivity index (χ0) is 36.4. The first-order valence-electron chi connectivity index (χ1n) is 21.2. The first kappa shape index (κ1) is 37.5. The maximum Gasteiger partial charge on any atom is 0.0642 e. The van der Waals surface area contributed by atoms with Gasteiger partial charge < -0.3 is 0 Å². The molecule has 0 aliphatic heterocycles. The highest BCUT2D eigenvalue weighted by atomic mass is 32.1. The lowest BCUT2D eigenvalue weighted by molar-refractivity contribution is 0.565. The molecule has 3 aromatic carbocycles. The number of unbranched alkanes of at least 4 members (excludes halogenated alkanes) is 16. The predicted octanol–water partition coefficient (Wildman–Crippen LogP) is 19.4. The lowest BCUT2D eigenvalue weighted by atomic mass is 9.94. The van der Waals surface area contributed by atoms with Crippen LogP contribution in [0.4, 0.5) is 0 Å². The van der Waals surface area contributed by atoms with Crippen molar-refractivity contribution >= 4 is 146 Å². The Bertz CT molecular complexity index is 2480. The Morgan fingerprint density at radius 1 is 0.315 bits per heavy atom. The minimum Gasteiger partial charge on any atom is -0.133 e. The number of rotatable bonds is 20. The van der Waals surface area contributed by atoms with Crippen molar-refractivity contribution in [1.82, 2.24) is 0 Å². The Labute approximate surface area is 345 Å². The van der Waals surface area contributed by atoms with E-state index in [-0.39, 0.29) is 0 Å². The van der Waals surface area contributed by atoms with E-state index < -0.39 is 0 Å². The SMILES string of the molecule is CCCCCCCCCCCc1c2sc3c4sc5ccccc5c4sc3c2c(CCCCCCCCCCC)c2sc3c4sc5ccccc5c4sc3c12. The molecule has 0 saturated heterocycles. The van der Waals surface area contributed by atoms with Crippen LogP contribution in [0.2, 0.25) is 0 Å². The van der Waals surface area contributed by atoms with Gasteiger partial charge in [-0.2, -0.15) is 0 Å². The fourth-order valence-electron chi connectivity index (χ4n) is 8.98. The van der Waals surface area contributed by atoms with Crippen LogP contribution in [0.5, 0.6) is 0 Å². The quantitative estimate of drug-likeness (QED) is 0.0672. The summed E-state index contributed by atoms with van der Waals surface area (Å²) in [6.07, 6.45) is 27.3. The van der Waals surface area contributed by atoms with Crippen molar-refractivity contribution in [2.24, 2.45) is 0 Å². The topological polar surface area (TPSA) is 0 Å². The average molecular weight is 823 g/mol. The molecule has 6 aromatic heterocycles.